The van der Waals surface area contributed by atoms with E-state index in [1.54, 1.807) is 0 Å². The molecule has 2 fully saturated rings. The Hall–Kier alpha value is -1.80. The number of likely N-dealkylation sites (tertiary alicyclic amines) is 1. The SMILES string of the molecule is O=C(O)[C@@H]1C[C@@H]2CCC[C@@H]2N1C(=O)CNC(=O)C(F)(F)F. The molecule has 6 nitrogen and oxygen atoms in total. The summed E-state index contributed by atoms with van der Waals surface area (Å²) in [5.41, 5.74) is 0. The third-order valence-electron chi connectivity index (χ3n) is 4.07. The molecule has 1 aliphatic carbocycles. The topological polar surface area (TPSA) is 86.7 Å². The van der Waals surface area contributed by atoms with Crippen molar-refractivity contribution in [3.63, 3.8) is 0 Å². The zero-order valence-corrected chi connectivity index (χ0v) is 11.0. The smallest absolute Gasteiger partial charge is 0.471 e. The van der Waals surface area contributed by atoms with E-state index in [0.717, 1.165) is 17.7 Å². The van der Waals surface area contributed by atoms with E-state index >= 15 is 0 Å². The van der Waals surface area contributed by atoms with Gasteiger partial charge in [-0.25, -0.2) is 4.79 Å². The van der Waals surface area contributed by atoms with Crippen molar-refractivity contribution in [3.8, 4) is 0 Å². The molecule has 21 heavy (non-hydrogen) atoms. The zero-order chi connectivity index (χ0) is 15.8. The fraction of sp³-hybridized carbons (Fsp3) is 0.750. The number of amides is 2. The number of fused-ring (bicyclic) bond motifs is 1. The van der Waals surface area contributed by atoms with E-state index in [4.69, 9.17) is 5.11 Å². The second-order valence-electron chi connectivity index (χ2n) is 5.33. The molecule has 2 amide bonds. The molecule has 1 saturated heterocycles. The first-order valence-electron chi connectivity index (χ1n) is 6.61. The Morgan fingerprint density at radius 3 is 2.48 bits per heavy atom. The van der Waals surface area contributed by atoms with Gasteiger partial charge in [-0.3, -0.25) is 9.59 Å². The van der Waals surface area contributed by atoms with Crippen LogP contribution < -0.4 is 5.32 Å². The maximum Gasteiger partial charge on any atom is 0.471 e. The van der Waals surface area contributed by atoms with Gasteiger partial charge >= 0.3 is 18.1 Å². The van der Waals surface area contributed by atoms with Gasteiger partial charge in [0.1, 0.15) is 6.04 Å². The molecule has 3 atom stereocenters. The fourth-order valence-electron chi connectivity index (χ4n) is 3.22. The van der Waals surface area contributed by atoms with Gasteiger partial charge in [0.25, 0.3) is 0 Å². The first kappa shape index (κ1) is 15.6. The standard InChI is InChI=1S/C12H15F3N2O4/c13-12(14,15)11(21)16-5-9(18)17-7-3-1-2-6(7)4-8(17)10(19)20/h6-8H,1-5H2,(H,16,21)(H,19,20)/t6-,7-,8-/m0/s1. The van der Waals surface area contributed by atoms with Crippen molar-refractivity contribution in [2.75, 3.05) is 6.54 Å². The van der Waals surface area contributed by atoms with E-state index < -0.39 is 36.5 Å². The third-order valence-corrected chi connectivity index (χ3v) is 4.07. The van der Waals surface area contributed by atoms with E-state index in [2.05, 4.69) is 0 Å². The molecule has 0 radical (unpaired) electrons. The lowest BCUT2D eigenvalue weighted by molar-refractivity contribution is -0.174. The van der Waals surface area contributed by atoms with Gasteiger partial charge in [0, 0.05) is 6.04 Å². The first-order chi connectivity index (χ1) is 9.71. The molecule has 0 aromatic rings. The van der Waals surface area contributed by atoms with Crippen LogP contribution in [0.2, 0.25) is 0 Å². The maximum absolute atomic E-state index is 12.1. The van der Waals surface area contributed by atoms with Gasteiger partial charge in [-0.05, 0) is 25.2 Å². The number of halogens is 3. The minimum absolute atomic E-state index is 0.0772. The predicted molar refractivity (Wildman–Crippen MR) is 63.1 cm³/mol. The van der Waals surface area contributed by atoms with Crippen molar-refractivity contribution in [2.24, 2.45) is 5.92 Å². The average Bonchev–Trinajstić information content (AvgIpc) is 2.93. The van der Waals surface area contributed by atoms with Crippen molar-refractivity contribution in [3.05, 3.63) is 0 Å². The molecular weight excluding hydrogens is 293 g/mol. The van der Waals surface area contributed by atoms with Gasteiger partial charge in [0.2, 0.25) is 5.91 Å². The van der Waals surface area contributed by atoms with E-state index in [0.29, 0.717) is 12.8 Å². The van der Waals surface area contributed by atoms with Crippen LogP contribution in [0.3, 0.4) is 0 Å². The Kier molecular flexibility index (Phi) is 4.11. The van der Waals surface area contributed by atoms with E-state index in [-0.39, 0.29) is 12.0 Å². The van der Waals surface area contributed by atoms with Crippen molar-refractivity contribution in [2.45, 2.75) is 43.9 Å². The molecule has 0 bridgehead atoms. The predicted octanol–water partition coefficient (Wildman–Crippen LogP) is 0.519. The summed E-state index contributed by atoms with van der Waals surface area (Å²) in [5, 5.41) is 10.6. The van der Waals surface area contributed by atoms with Gasteiger partial charge in [-0.15, -0.1) is 0 Å². The second-order valence-corrected chi connectivity index (χ2v) is 5.33. The molecule has 1 saturated carbocycles. The van der Waals surface area contributed by atoms with Crippen LogP contribution in [0.25, 0.3) is 0 Å². The Bertz CT molecular complexity index is 466. The highest BCUT2D eigenvalue weighted by Gasteiger charge is 2.49. The lowest BCUT2D eigenvalue weighted by Crippen LogP contribution is -2.50. The van der Waals surface area contributed by atoms with Crippen molar-refractivity contribution in [1.29, 1.82) is 0 Å². The first-order valence-corrected chi connectivity index (χ1v) is 6.61. The van der Waals surface area contributed by atoms with Crippen LogP contribution in [0.15, 0.2) is 0 Å². The monoisotopic (exact) mass is 308 g/mol. The van der Waals surface area contributed by atoms with Crippen LogP contribution in [0.5, 0.6) is 0 Å². The average molecular weight is 308 g/mol. The number of rotatable bonds is 3. The molecule has 0 aromatic heterocycles. The number of carboxylic acid groups (broad SMARTS) is 1. The summed E-state index contributed by atoms with van der Waals surface area (Å²) in [6, 6.07) is -1.27. The number of hydrogen-bond donors (Lipinski definition) is 2. The van der Waals surface area contributed by atoms with Gasteiger partial charge in [-0.1, -0.05) is 6.42 Å². The minimum Gasteiger partial charge on any atom is -0.480 e. The van der Waals surface area contributed by atoms with E-state index in [1.807, 2.05) is 0 Å². The molecule has 0 spiro atoms. The molecule has 0 unspecified atom stereocenters. The normalized spacial score (nSPS) is 28.3. The summed E-state index contributed by atoms with van der Waals surface area (Å²) < 4.78 is 36.2. The number of nitrogens with zero attached hydrogens (tertiary/aromatic N) is 1. The van der Waals surface area contributed by atoms with Crippen LogP contribution >= 0.6 is 0 Å². The zero-order valence-electron chi connectivity index (χ0n) is 11.0. The summed E-state index contributed by atoms with van der Waals surface area (Å²) >= 11 is 0. The maximum atomic E-state index is 12.1. The van der Waals surface area contributed by atoms with Crippen LogP contribution in [-0.4, -0.2) is 52.6 Å². The highest BCUT2D eigenvalue weighted by atomic mass is 19.4. The number of hydrogen-bond acceptors (Lipinski definition) is 3. The Morgan fingerprint density at radius 2 is 1.90 bits per heavy atom. The lowest BCUT2D eigenvalue weighted by atomic mass is 10.0. The molecular formula is C12H15F3N2O4. The summed E-state index contributed by atoms with van der Waals surface area (Å²) in [4.78, 5) is 35.0. The van der Waals surface area contributed by atoms with Gasteiger partial charge in [0.15, 0.2) is 0 Å². The van der Waals surface area contributed by atoms with Crippen LogP contribution in [0, 0.1) is 5.92 Å². The van der Waals surface area contributed by atoms with Crippen molar-refractivity contribution >= 4 is 17.8 Å². The number of carboxylic acids is 1. The molecule has 0 aromatic carbocycles. The molecule has 118 valence electrons. The van der Waals surface area contributed by atoms with E-state index in [9.17, 15) is 27.6 Å². The van der Waals surface area contributed by atoms with Gasteiger partial charge in [0.05, 0.1) is 6.54 Å². The quantitative estimate of drug-likeness (QED) is 0.796. The Labute approximate surface area is 118 Å². The molecule has 9 heteroatoms. The van der Waals surface area contributed by atoms with Gasteiger partial charge < -0.3 is 15.3 Å². The molecule has 2 aliphatic rings. The largest absolute Gasteiger partial charge is 0.480 e. The second kappa shape index (κ2) is 5.53. The highest BCUT2D eigenvalue weighted by Crippen LogP contribution is 2.41. The summed E-state index contributed by atoms with van der Waals surface area (Å²) in [6.45, 7) is -0.842. The molecule has 1 heterocycles. The number of carbonyl (C=O) groups excluding carboxylic acids is 2. The Morgan fingerprint density at radius 1 is 1.24 bits per heavy atom. The van der Waals surface area contributed by atoms with Crippen LogP contribution in [-0.2, 0) is 14.4 Å². The van der Waals surface area contributed by atoms with Crippen molar-refractivity contribution < 1.29 is 32.7 Å². The van der Waals surface area contributed by atoms with Crippen LogP contribution in [0.4, 0.5) is 13.2 Å². The molecule has 1 aliphatic heterocycles. The minimum atomic E-state index is -5.06. The number of aliphatic carboxylic acids is 1. The van der Waals surface area contributed by atoms with E-state index in [1.165, 1.54) is 5.32 Å². The summed E-state index contributed by atoms with van der Waals surface area (Å²) in [7, 11) is 0. The van der Waals surface area contributed by atoms with Crippen LogP contribution in [0.1, 0.15) is 25.7 Å². The lowest BCUT2D eigenvalue weighted by Gasteiger charge is -2.27. The third kappa shape index (κ3) is 3.11. The number of carbonyl (C=O) groups is 3. The highest BCUT2D eigenvalue weighted by molar-refractivity contribution is 5.90. The number of alkyl halides is 3. The summed E-state index contributed by atoms with van der Waals surface area (Å²) in [6.07, 6.45) is -2.42. The number of nitrogens with one attached hydrogen (secondary N) is 1. The fourth-order valence-corrected chi connectivity index (χ4v) is 3.22. The van der Waals surface area contributed by atoms with Crippen molar-refractivity contribution in [1.82, 2.24) is 10.2 Å². The molecule has 2 N–H and O–H groups in total. The molecule has 2 rings (SSSR count). The summed E-state index contributed by atoms with van der Waals surface area (Å²) in [5.74, 6) is -4.08. The van der Waals surface area contributed by atoms with Gasteiger partial charge in [-0.2, -0.15) is 13.2 Å². The Balaban J connectivity index is 2.02.